The molecule has 0 spiro atoms. The second-order valence-corrected chi connectivity index (χ2v) is 6.86. The summed E-state index contributed by atoms with van der Waals surface area (Å²) in [6.45, 7) is 3.50. The molecule has 1 aliphatic rings. The summed E-state index contributed by atoms with van der Waals surface area (Å²) >= 11 is 0. The molecule has 3 heterocycles. The number of hydrogen-bond donors (Lipinski definition) is 0. The number of imidazole rings is 1. The summed E-state index contributed by atoms with van der Waals surface area (Å²) in [5, 5.41) is 7.65. The molecule has 0 N–H and O–H groups in total. The van der Waals surface area contributed by atoms with Crippen LogP contribution in [0.4, 0.5) is 0 Å². The molecule has 3 aromatic rings. The number of nitrogens with zero attached hydrogens (tertiary/aromatic N) is 6. The molecular formula is C19H22N6O. The molecule has 7 nitrogen and oxygen atoms in total. The molecule has 7 heteroatoms. The van der Waals surface area contributed by atoms with Gasteiger partial charge in [0.1, 0.15) is 18.5 Å². The Bertz CT molecular complexity index is 914. The van der Waals surface area contributed by atoms with E-state index in [2.05, 4.69) is 19.7 Å². The van der Waals surface area contributed by atoms with Crippen LogP contribution in [0.5, 0.6) is 0 Å². The minimum Gasteiger partial charge on any atom is -0.338 e. The fraction of sp³-hybridized carbons (Fsp3) is 0.368. The predicted molar refractivity (Wildman–Crippen MR) is 97.2 cm³/mol. The number of aryl methyl sites for hydroxylation is 2. The van der Waals surface area contributed by atoms with Crippen molar-refractivity contribution >= 4 is 5.91 Å². The zero-order valence-electron chi connectivity index (χ0n) is 15.0. The van der Waals surface area contributed by atoms with Gasteiger partial charge in [-0.05, 0) is 38.0 Å². The first kappa shape index (κ1) is 16.5. The lowest BCUT2D eigenvalue weighted by atomic mass is 9.96. The number of carbonyl (C=O) groups is 1. The van der Waals surface area contributed by atoms with E-state index in [1.807, 2.05) is 49.3 Å². The summed E-state index contributed by atoms with van der Waals surface area (Å²) < 4.78 is 3.88. The number of aromatic nitrogens is 5. The summed E-state index contributed by atoms with van der Waals surface area (Å²) in [5.74, 6) is 1.42. The summed E-state index contributed by atoms with van der Waals surface area (Å²) in [7, 11) is 2.03. The summed E-state index contributed by atoms with van der Waals surface area (Å²) in [6, 6.07) is 7.59. The molecule has 0 saturated carbocycles. The van der Waals surface area contributed by atoms with Crippen molar-refractivity contribution in [3.05, 3.63) is 60.2 Å². The van der Waals surface area contributed by atoms with E-state index < -0.39 is 0 Å². The van der Waals surface area contributed by atoms with E-state index in [0.29, 0.717) is 12.1 Å². The van der Waals surface area contributed by atoms with E-state index in [-0.39, 0.29) is 11.8 Å². The number of benzene rings is 1. The summed E-state index contributed by atoms with van der Waals surface area (Å²) in [4.78, 5) is 19.7. The lowest BCUT2D eigenvalue weighted by Gasteiger charge is -2.32. The first-order chi connectivity index (χ1) is 12.6. The largest absolute Gasteiger partial charge is 0.338 e. The van der Waals surface area contributed by atoms with E-state index in [1.54, 1.807) is 17.2 Å². The van der Waals surface area contributed by atoms with Gasteiger partial charge in [-0.25, -0.2) is 4.98 Å². The van der Waals surface area contributed by atoms with Gasteiger partial charge in [-0.1, -0.05) is 6.07 Å². The molecule has 1 saturated heterocycles. The zero-order valence-corrected chi connectivity index (χ0v) is 15.0. The number of piperidine rings is 1. The third kappa shape index (κ3) is 3.12. The molecule has 1 fully saturated rings. The van der Waals surface area contributed by atoms with E-state index in [9.17, 15) is 4.79 Å². The van der Waals surface area contributed by atoms with Crippen LogP contribution in [0.15, 0.2) is 43.1 Å². The second kappa shape index (κ2) is 6.74. The second-order valence-electron chi connectivity index (χ2n) is 6.86. The third-order valence-electron chi connectivity index (χ3n) is 4.92. The van der Waals surface area contributed by atoms with Crippen molar-refractivity contribution in [2.75, 3.05) is 13.1 Å². The Morgan fingerprint density at radius 3 is 2.77 bits per heavy atom. The maximum Gasteiger partial charge on any atom is 0.253 e. The van der Waals surface area contributed by atoms with Crippen molar-refractivity contribution in [1.82, 2.24) is 29.2 Å². The van der Waals surface area contributed by atoms with Crippen LogP contribution in [0.3, 0.4) is 0 Å². The summed E-state index contributed by atoms with van der Waals surface area (Å²) in [5.41, 5.74) is 2.59. The molecule has 2 aromatic heterocycles. The molecule has 26 heavy (non-hydrogen) atoms. The quantitative estimate of drug-likeness (QED) is 0.727. The van der Waals surface area contributed by atoms with E-state index >= 15 is 0 Å². The maximum absolute atomic E-state index is 13.0. The number of rotatable bonds is 3. The Labute approximate surface area is 152 Å². The van der Waals surface area contributed by atoms with Gasteiger partial charge in [-0.2, -0.15) is 0 Å². The number of carbonyl (C=O) groups excluding carboxylic acids is 1. The lowest BCUT2D eigenvalue weighted by Crippen LogP contribution is -2.39. The topological polar surface area (TPSA) is 68.8 Å². The predicted octanol–water partition coefficient (Wildman–Crippen LogP) is 2.33. The van der Waals surface area contributed by atoms with Crippen LogP contribution >= 0.6 is 0 Å². The van der Waals surface area contributed by atoms with Crippen LogP contribution in [0.1, 0.15) is 40.6 Å². The first-order valence-electron chi connectivity index (χ1n) is 8.86. The van der Waals surface area contributed by atoms with Gasteiger partial charge in [0.25, 0.3) is 5.91 Å². The van der Waals surface area contributed by atoms with Crippen molar-refractivity contribution < 1.29 is 4.79 Å². The van der Waals surface area contributed by atoms with Crippen LogP contribution < -0.4 is 0 Å². The van der Waals surface area contributed by atoms with Gasteiger partial charge in [0.2, 0.25) is 0 Å². The fourth-order valence-electron chi connectivity index (χ4n) is 3.70. The van der Waals surface area contributed by atoms with Crippen LogP contribution in [-0.2, 0) is 7.05 Å². The Hall–Kier alpha value is -2.96. The van der Waals surface area contributed by atoms with Crippen LogP contribution in [0, 0.1) is 6.92 Å². The molecule has 1 aromatic carbocycles. The van der Waals surface area contributed by atoms with Gasteiger partial charge in [0.05, 0.1) is 5.69 Å². The van der Waals surface area contributed by atoms with Crippen molar-refractivity contribution in [2.45, 2.75) is 25.7 Å². The van der Waals surface area contributed by atoms with Gasteiger partial charge in [-0.3, -0.25) is 9.36 Å². The molecule has 0 radical (unpaired) electrons. The molecule has 0 bridgehead atoms. The van der Waals surface area contributed by atoms with E-state index in [4.69, 9.17) is 0 Å². The van der Waals surface area contributed by atoms with Crippen molar-refractivity contribution in [2.24, 2.45) is 7.05 Å². The van der Waals surface area contributed by atoms with Gasteiger partial charge in [-0.15, -0.1) is 10.2 Å². The standard InChI is InChI=1S/C19H22N6O/c1-14-10-23(2)18(22-14)16-6-4-8-24(11-16)19(26)15-5-3-7-17(9-15)25-12-20-21-13-25/h3,5,7,9-10,12-13,16H,4,6,8,11H2,1-2H3. The number of likely N-dealkylation sites (tertiary alicyclic amines) is 1. The van der Waals surface area contributed by atoms with Crippen molar-refractivity contribution in [1.29, 1.82) is 0 Å². The number of hydrogen-bond acceptors (Lipinski definition) is 4. The molecule has 0 aliphatic carbocycles. The highest BCUT2D eigenvalue weighted by Crippen LogP contribution is 2.27. The summed E-state index contributed by atoms with van der Waals surface area (Å²) in [6.07, 6.45) is 7.36. The van der Waals surface area contributed by atoms with E-state index in [1.165, 1.54) is 0 Å². The lowest BCUT2D eigenvalue weighted by molar-refractivity contribution is 0.0703. The highest BCUT2D eigenvalue weighted by atomic mass is 16.2. The Balaban J connectivity index is 1.55. The SMILES string of the molecule is Cc1cn(C)c(C2CCCN(C(=O)c3cccc(-n4cnnc4)c3)C2)n1. The first-order valence-corrected chi connectivity index (χ1v) is 8.86. The average Bonchev–Trinajstić information content (AvgIpc) is 3.31. The molecule has 134 valence electrons. The van der Waals surface area contributed by atoms with Crippen molar-refractivity contribution in [3.63, 3.8) is 0 Å². The maximum atomic E-state index is 13.0. The Morgan fingerprint density at radius 2 is 2.04 bits per heavy atom. The fourth-order valence-corrected chi connectivity index (χ4v) is 3.70. The normalized spacial score (nSPS) is 17.5. The smallest absolute Gasteiger partial charge is 0.253 e. The highest BCUT2D eigenvalue weighted by Gasteiger charge is 2.28. The molecule has 1 atom stereocenters. The highest BCUT2D eigenvalue weighted by molar-refractivity contribution is 5.94. The van der Waals surface area contributed by atoms with Crippen LogP contribution in [0.25, 0.3) is 5.69 Å². The van der Waals surface area contributed by atoms with Crippen molar-refractivity contribution in [3.8, 4) is 5.69 Å². The van der Waals surface area contributed by atoms with Gasteiger partial charge in [0.15, 0.2) is 0 Å². The zero-order chi connectivity index (χ0) is 18.1. The molecule has 1 amide bonds. The minimum absolute atomic E-state index is 0.0653. The molecule has 1 unspecified atom stereocenters. The van der Waals surface area contributed by atoms with Crippen LogP contribution in [-0.4, -0.2) is 48.2 Å². The molecular weight excluding hydrogens is 328 g/mol. The third-order valence-corrected chi connectivity index (χ3v) is 4.92. The van der Waals surface area contributed by atoms with Gasteiger partial charge >= 0.3 is 0 Å². The monoisotopic (exact) mass is 350 g/mol. The number of amides is 1. The van der Waals surface area contributed by atoms with Gasteiger partial charge in [0, 0.05) is 43.5 Å². The minimum atomic E-state index is 0.0653. The average molecular weight is 350 g/mol. The van der Waals surface area contributed by atoms with Crippen LogP contribution in [0.2, 0.25) is 0 Å². The Morgan fingerprint density at radius 1 is 1.23 bits per heavy atom. The van der Waals surface area contributed by atoms with E-state index in [0.717, 1.165) is 36.6 Å². The van der Waals surface area contributed by atoms with Gasteiger partial charge < -0.3 is 9.47 Å². The molecule has 1 aliphatic heterocycles. The molecule has 4 rings (SSSR count). The Kier molecular flexibility index (Phi) is 4.28.